The zero-order valence-electron chi connectivity index (χ0n) is 17.2. The summed E-state index contributed by atoms with van der Waals surface area (Å²) in [6.45, 7) is 11.0. The first-order chi connectivity index (χ1) is 12.8. The van der Waals surface area contributed by atoms with E-state index in [9.17, 15) is 4.39 Å². The Balaban J connectivity index is 0.00000280. The second-order valence-electron chi connectivity index (χ2n) is 7.28. The molecular formula is C21H29BrFN5. The third kappa shape index (κ3) is 5.08. The molecule has 0 unspecified atom stereocenters. The molecule has 2 aromatic heterocycles. The lowest BCUT2D eigenvalue weighted by molar-refractivity contribution is 0.309. The van der Waals surface area contributed by atoms with Gasteiger partial charge in [-0.05, 0) is 78.0 Å². The van der Waals surface area contributed by atoms with Gasteiger partial charge in [-0.3, -0.25) is 4.68 Å². The summed E-state index contributed by atoms with van der Waals surface area (Å²) in [5.74, 6) is -0.233. The summed E-state index contributed by atoms with van der Waals surface area (Å²) in [7, 11) is 2.13. The number of nitrogens with zero attached hydrogens (tertiary/aromatic N) is 5. The number of rotatable bonds is 7. The van der Waals surface area contributed by atoms with Crippen LogP contribution in [0.2, 0.25) is 0 Å². The van der Waals surface area contributed by atoms with Crippen LogP contribution in [0, 0.1) is 33.5 Å². The van der Waals surface area contributed by atoms with Crippen molar-refractivity contribution in [2.75, 3.05) is 13.6 Å². The molecule has 0 atom stereocenters. The van der Waals surface area contributed by atoms with E-state index in [0.29, 0.717) is 0 Å². The molecule has 0 amide bonds. The fourth-order valence-corrected chi connectivity index (χ4v) is 3.48. The summed E-state index contributed by atoms with van der Waals surface area (Å²) in [5, 5.41) is 9.18. The van der Waals surface area contributed by atoms with Gasteiger partial charge in [0.15, 0.2) is 0 Å². The summed E-state index contributed by atoms with van der Waals surface area (Å²) < 4.78 is 17.2. The molecule has 0 aliphatic heterocycles. The van der Waals surface area contributed by atoms with E-state index in [2.05, 4.69) is 46.7 Å². The van der Waals surface area contributed by atoms with Crippen LogP contribution in [-0.4, -0.2) is 38.1 Å². The fourth-order valence-electron chi connectivity index (χ4n) is 3.48. The van der Waals surface area contributed by atoms with Gasteiger partial charge >= 0.3 is 0 Å². The van der Waals surface area contributed by atoms with Crippen molar-refractivity contribution in [2.45, 2.75) is 47.2 Å². The van der Waals surface area contributed by atoms with Crippen LogP contribution < -0.4 is 0 Å². The Hall–Kier alpha value is -1.99. The maximum absolute atomic E-state index is 13.2. The van der Waals surface area contributed by atoms with Crippen LogP contribution in [0.3, 0.4) is 0 Å². The van der Waals surface area contributed by atoms with Crippen LogP contribution in [0.1, 0.15) is 34.8 Å². The van der Waals surface area contributed by atoms with Crippen LogP contribution in [0.5, 0.6) is 0 Å². The zero-order chi connectivity index (χ0) is 19.6. The lowest BCUT2D eigenvalue weighted by Crippen LogP contribution is -2.21. The second-order valence-corrected chi connectivity index (χ2v) is 7.28. The van der Waals surface area contributed by atoms with E-state index in [1.165, 1.54) is 23.4 Å². The number of hydrogen-bond donors (Lipinski definition) is 0. The molecule has 0 saturated heterocycles. The molecule has 0 N–H and O–H groups in total. The fraction of sp³-hybridized carbons (Fsp3) is 0.429. The highest BCUT2D eigenvalue weighted by Crippen LogP contribution is 2.19. The number of benzene rings is 1. The molecule has 0 aliphatic rings. The molecule has 28 heavy (non-hydrogen) atoms. The molecule has 1 aromatic carbocycles. The van der Waals surface area contributed by atoms with Crippen molar-refractivity contribution in [1.82, 2.24) is 24.5 Å². The topological polar surface area (TPSA) is 38.9 Å². The molecule has 0 spiro atoms. The highest BCUT2D eigenvalue weighted by atomic mass is 79.9. The SMILES string of the molecule is Br.Cc1cc(C)n(CCCN(C)Cc2c(C)nn(-c3ccc(F)cc3)c2C)n1. The predicted molar refractivity (Wildman–Crippen MR) is 116 cm³/mol. The van der Waals surface area contributed by atoms with Crippen LogP contribution in [0.4, 0.5) is 4.39 Å². The Bertz CT molecular complexity index is 914. The van der Waals surface area contributed by atoms with Gasteiger partial charge in [0, 0.05) is 30.0 Å². The lowest BCUT2D eigenvalue weighted by atomic mass is 10.2. The molecular weight excluding hydrogens is 421 g/mol. The average molecular weight is 450 g/mol. The molecule has 0 aliphatic carbocycles. The second kappa shape index (κ2) is 9.47. The van der Waals surface area contributed by atoms with Gasteiger partial charge < -0.3 is 4.90 Å². The minimum atomic E-state index is -0.233. The average Bonchev–Trinajstić information content (AvgIpc) is 3.08. The number of halogens is 2. The molecule has 3 aromatic rings. The molecule has 0 radical (unpaired) electrons. The smallest absolute Gasteiger partial charge is 0.123 e. The van der Waals surface area contributed by atoms with Crippen molar-refractivity contribution in [3.63, 3.8) is 0 Å². The first-order valence-corrected chi connectivity index (χ1v) is 9.36. The quantitative estimate of drug-likeness (QED) is 0.531. The van der Waals surface area contributed by atoms with E-state index in [1.807, 2.05) is 18.5 Å². The molecule has 5 nitrogen and oxygen atoms in total. The van der Waals surface area contributed by atoms with Crippen molar-refractivity contribution < 1.29 is 4.39 Å². The van der Waals surface area contributed by atoms with Gasteiger partial charge in [-0.15, -0.1) is 17.0 Å². The van der Waals surface area contributed by atoms with Gasteiger partial charge in [-0.2, -0.15) is 10.2 Å². The van der Waals surface area contributed by atoms with E-state index < -0.39 is 0 Å². The summed E-state index contributed by atoms with van der Waals surface area (Å²) in [6, 6.07) is 8.57. The van der Waals surface area contributed by atoms with Crippen LogP contribution in [-0.2, 0) is 13.1 Å². The summed E-state index contributed by atoms with van der Waals surface area (Å²) in [6.07, 6.45) is 1.04. The molecule has 0 fully saturated rings. The van der Waals surface area contributed by atoms with Gasteiger partial charge in [-0.1, -0.05) is 0 Å². The summed E-state index contributed by atoms with van der Waals surface area (Å²) in [5.41, 5.74) is 6.51. The summed E-state index contributed by atoms with van der Waals surface area (Å²) >= 11 is 0. The molecule has 152 valence electrons. The maximum atomic E-state index is 13.2. The van der Waals surface area contributed by atoms with E-state index in [4.69, 9.17) is 0 Å². The highest BCUT2D eigenvalue weighted by Gasteiger charge is 2.14. The maximum Gasteiger partial charge on any atom is 0.123 e. The van der Waals surface area contributed by atoms with Crippen molar-refractivity contribution in [2.24, 2.45) is 0 Å². The van der Waals surface area contributed by atoms with Crippen molar-refractivity contribution in [3.8, 4) is 5.69 Å². The Morgan fingerprint density at radius 3 is 2.32 bits per heavy atom. The Morgan fingerprint density at radius 1 is 1.04 bits per heavy atom. The van der Waals surface area contributed by atoms with E-state index in [-0.39, 0.29) is 22.8 Å². The largest absolute Gasteiger partial charge is 0.302 e. The van der Waals surface area contributed by atoms with Crippen molar-refractivity contribution in [1.29, 1.82) is 0 Å². The first kappa shape index (κ1) is 22.3. The van der Waals surface area contributed by atoms with Crippen LogP contribution >= 0.6 is 17.0 Å². The van der Waals surface area contributed by atoms with E-state index in [1.54, 1.807) is 12.1 Å². The third-order valence-electron chi connectivity index (χ3n) is 4.95. The number of hydrogen-bond acceptors (Lipinski definition) is 3. The molecule has 2 heterocycles. The van der Waals surface area contributed by atoms with Crippen molar-refractivity contribution >= 4 is 17.0 Å². The van der Waals surface area contributed by atoms with Crippen LogP contribution in [0.25, 0.3) is 5.69 Å². The van der Waals surface area contributed by atoms with Gasteiger partial charge in [0.1, 0.15) is 5.82 Å². The molecule has 7 heteroatoms. The van der Waals surface area contributed by atoms with Gasteiger partial charge in [0.2, 0.25) is 0 Å². The molecule has 0 bridgehead atoms. The van der Waals surface area contributed by atoms with Crippen LogP contribution in [0.15, 0.2) is 30.3 Å². The minimum Gasteiger partial charge on any atom is -0.302 e. The van der Waals surface area contributed by atoms with Gasteiger partial charge in [-0.25, -0.2) is 9.07 Å². The van der Waals surface area contributed by atoms with Crippen molar-refractivity contribution in [3.05, 3.63) is 64.5 Å². The molecule has 3 rings (SSSR count). The Kier molecular flexibility index (Phi) is 7.55. The first-order valence-electron chi connectivity index (χ1n) is 9.36. The zero-order valence-corrected chi connectivity index (χ0v) is 19.0. The lowest BCUT2D eigenvalue weighted by Gasteiger charge is -2.17. The predicted octanol–water partition coefficient (Wildman–Crippen LogP) is 4.54. The minimum absolute atomic E-state index is 0. The Labute approximate surface area is 176 Å². The number of aromatic nitrogens is 4. The van der Waals surface area contributed by atoms with E-state index >= 15 is 0 Å². The highest BCUT2D eigenvalue weighted by molar-refractivity contribution is 8.93. The standard InChI is InChI=1S/C21H28FN5.BrH/c1-15-13-16(2)26(23-15)12-6-11-25(5)14-21-17(3)24-27(18(21)4)20-9-7-19(22)8-10-20;/h7-10,13H,6,11-12,14H2,1-5H3;1H. The summed E-state index contributed by atoms with van der Waals surface area (Å²) in [4.78, 5) is 2.32. The van der Waals surface area contributed by atoms with Gasteiger partial charge in [0.05, 0.1) is 17.1 Å². The van der Waals surface area contributed by atoms with Gasteiger partial charge in [0.25, 0.3) is 0 Å². The number of aryl methyl sites for hydroxylation is 4. The van der Waals surface area contributed by atoms with E-state index in [0.717, 1.165) is 48.8 Å². The normalized spacial score (nSPS) is 11.1. The Morgan fingerprint density at radius 2 is 1.71 bits per heavy atom. The molecule has 0 saturated carbocycles. The monoisotopic (exact) mass is 449 g/mol. The third-order valence-corrected chi connectivity index (χ3v) is 4.95.